The van der Waals surface area contributed by atoms with Gasteiger partial charge < -0.3 is 9.47 Å². The number of thiophene rings is 1. The van der Waals surface area contributed by atoms with Crippen LogP contribution in [0.3, 0.4) is 0 Å². The van der Waals surface area contributed by atoms with Gasteiger partial charge in [-0.25, -0.2) is 4.98 Å². The lowest BCUT2D eigenvalue weighted by Gasteiger charge is -2.11. The average Bonchev–Trinajstić information content (AvgIpc) is 3.32. The first kappa shape index (κ1) is 17.9. The van der Waals surface area contributed by atoms with E-state index in [0.717, 1.165) is 39.7 Å². The van der Waals surface area contributed by atoms with Gasteiger partial charge in [0.1, 0.15) is 5.75 Å². The van der Waals surface area contributed by atoms with Crippen LogP contribution in [-0.2, 0) is 27.5 Å². The van der Waals surface area contributed by atoms with Crippen LogP contribution in [-0.4, -0.2) is 23.0 Å². The number of benzene rings is 1. The Morgan fingerprint density at radius 1 is 1.15 bits per heavy atom. The van der Waals surface area contributed by atoms with Gasteiger partial charge in [0.2, 0.25) is 5.88 Å². The minimum atomic E-state index is -0.290. The minimum absolute atomic E-state index is 0.213. The molecule has 0 bridgehead atoms. The van der Waals surface area contributed by atoms with Crippen LogP contribution in [0.4, 0.5) is 4.39 Å². The van der Waals surface area contributed by atoms with E-state index in [1.807, 2.05) is 12.1 Å². The highest BCUT2D eigenvalue weighted by atomic mass is 32.2. The van der Waals surface area contributed by atoms with Crippen LogP contribution in [0.1, 0.15) is 16.8 Å². The molecular formula is C19H15FN2O3S2. The molecule has 2 aromatic heterocycles. The summed E-state index contributed by atoms with van der Waals surface area (Å²) in [5, 5.41) is -0.271. The summed E-state index contributed by atoms with van der Waals surface area (Å²) < 4.78 is 24.1. The number of carbonyl (C=O) groups is 1. The maximum atomic E-state index is 13.4. The molecule has 1 aromatic carbocycles. The van der Waals surface area contributed by atoms with Crippen molar-refractivity contribution in [3.8, 4) is 22.3 Å². The zero-order valence-corrected chi connectivity index (χ0v) is 16.0. The Balaban J connectivity index is 1.61. The van der Waals surface area contributed by atoms with E-state index in [1.165, 1.54) is 13.2 Å². The summed E-state index contributed by atoms with van der Waals surface area (Å²) in [7, 11) is 1.37. The van der Waals surface area contributed by atoms with E-state index in [4.69, 9.17) is 4.74 Å². The van der Waals surface area contributed by atoms with Crippen molar-refractivity contribution in [1.29, 1.82) is 0 Å². The molecule has 3 aromatic rings. The minimum Gasteiger partial charge on any atom is -0.469 e. The molecule has 0 spiro atoms. The Kier molecular flexibility index (Phi) is 5.09. The largest absolute Gasteiger partial charge is 0.469 e. The van der Waals surface area contributed by atoms with E-state index in [2.05, 4.69) is 14.7 Å². The van der Waals surface area contributed by atoms with Crippen molar-refractivity contribution < 1.29 is 18.7 Å². The highest BCUT2D eigenvalue weighted by molar-refractivity contribution is 7.98. The van der Waals surface area contributed by atoms with Crippen LogP contribution in [0.15, 0.2) is 36.4 Å². The summed E-state index contributed by atoms with van der Waals surface area (Å²) in [4.78, 5) is 21.1. The normalized spacial score (nSPS) is 12.7. The van der Waals surface area contributed by atoms with Crippen LogP contribution >= 0.6 is 23.1 Å². The molecular weight excluding hydrogens is 387 g/mol. The van der Waals surface area contributed by atoms with Gasteiger partial charge in [0.25, 0.3) is 0 Å². The second-order valence-electron chi connectivity index (χ2n) is 5.87. The van der Waals surface area contributed by atoms with Crippen LogP contribution in [0.25, 0.3) is 10.7 Å². The number of hydrogen-bond donors (Lipinski definition) is 0. The second kappa shape index (κ2) is 7.66. The van der Waals surface area contributed by atoms with E-state index < -0.39 is 0 Å². The molecule has 27 heavy (non-hydrogen) atoms. The van der Waals surface area contributed by atoms with Gasteiger partial charge >= 0.3 is 5.97 Å². The number of aromatic nitrogens is 2. The SMILES string of the molecule is COC(=O)Cc1ccc(Oc2nc(-c3ccc(F)s3)nc3c2CSC3)cc1. The van der Waals surface area contributed by atoms with E-state index in [-0.39, 0.29) is 17.5 Å². The lowest BCUT2D eigenvalue weighted by Crippen LogP contribution is -2.04. The Morgan fingerprint density at radius 3 is 2.67 bits per heavy atom. The summed E-state index contributed by atoms with van der Waals surface area (Å²) in [5.74, 6) is 2.86. The number of thioether (sulfide) groups is 1. The molecule has 1 aliphatic heterocycles. The van der Waals surface area contributed by atoms with Crippen molar-refractivity contribution in [1.82, 2.24) is 9.97 Å². The molecule has 0 unspecified atom stereocenters. The molecule has 0 saturated heterocycles. The van der Waals surface area contributed by atoms with E-state index in [0.29, 0.717) is 22.3 Å². The van der Waals surface area contributed by atoms with Crippen molar-refractivity contribution >= 4 is 29.1 Å². The van der Waals surface area contributed by atoms with Crippen molar-refractivity contribution in [3.05, 3.63) is 58.3 Å². The molecule has 1 aliphatic rings. The van der Waals surface area contributed by atoms with Gasteiger partial charge in [0.15, 0.2) is 11.0 Å². The van der Waals surface area contributed by atoms with Crippen molar-refractivity contribution in [3.63, 3.8) is 0 Å². The average molecular weight is 402 g/mol. The molecule has 8 heteroatoms. The molecule has 0 radical (unpaired) electrons. The third-order valence-corrected chi connectivity index (χ3v) is 5.89. The number of ether oxygens (including phenoxy) is 2. The molecule has 0 amide bonds. The third kappa shape index (κ3) is 3.96. The maximum absolute atomic E-state index is 13.4. The van der Waals surface area contributed by atoms with E-state index in [1.54, 1.807) is 30.0 Å². The number of esters is 1. The smallest absolute Gasteiger partial charge is 0.309 e. The summed E-state index contributed by atoms with van der Waals surface area (Å²) in [5.41, 5.74) is 2.74. The first-order valence-electron chi connectivity index (χ1n) is 8.19. The summed E-state index contributed by atoms with van der Waals surface area (Å²) in [6.45, 7) is 0. The lowest BCUT2D eigenvalue weighted by atomic mass is 10.1. The Labute approximate surface area is 163 Å². The van der Waals surface area contributed by atoms with Gasteiger partial charge in [-0.15, -0.1) is 11.3 Å². The number of halogens is 1. The number of rotatable bonds is 5. The fourth-order valence-corrected chi connectivity index (χ4v) is 4.37. The summed E-state index contributed by atoms with van der Waals surface area (Å²) >= 11 is 2.76. The highest BCUT2D eigenvalue weighted by Crippen LogP contribution is 2.38. The van der Waals surface area contributed by atoms with E-state index >= 15 is 0 Å². The quantitative estimate of drug-likeness (QED) is 0.582. The monoisotopic (exact) mass is 402 g/mol. The maximum Gasteiger partial charge on any atom is 0.309 e. The molecule has 0 saturated carbocycles. The van der Waals surface area contributed by atoms with Gasteiger partial charge in [-0.1, -0.05) is 12.1 Å². The van der Waals surface area contributed by atoms with Gasteiger partial charge in [0, 0.05) is 17.1 Å². The fraction of sp³-hybridized carbons (Fsp3) is 0.211. The van der Waals surface area contributed by atoms with Crippen molar-refractivity contribution in [2.24, 2.45) is 0 Å². The highest BCUT2D eigenvalue weighted by Gasteiger charge is 2.22. The van der Waals surface area contributed by atoms with Crippen LogP contribution in [0.5, 0.6) is 11.6 Å². The molecule has 3 heterocycles. The fourth-order valence-electron chi connectivity index (χ4n) is 2.68. The Morgan fingerprint density at radius 2 is 1.96 bits per heavy atom. The van der Waals surface area contributed by atoms with Gasteiger partial charge in [0.05, 0.1) is 24.1 Å². The Bertz CT molecular complexity index is 989. The van der Waals surface area contributed by atoms with Gasteiger partial charge in [-0.05, 0) is 29.8 Å². The molecule has 0 N–H and O–H groups in total. The van der Waals surface area contributed by atoms with Crippen molar-refractivity contribution in [2.45, 2.75) is 17.9 Å². The van der Waals surface area contributed by atoms with Gasteiger partial charge in [-0.2, -0.15) is 21.1 Å². The second-order valence-corrected chi connectivity index (χ2v) is 7.89. The molecule has 5 nitrogen and oxygen atoms in total. The number of methoxy groups -OCH3 is 1. The van der Waals surface area contributed by atoms with Crippen LogP contribution in [0.2, 0.25) is 0 Å². The molecule has 0 fully saturated rings. The van der Waals surface area contributed by atoms with Crippen LogP contribution in [0, 0.1) is 5.13 Å². The molecule has 138 valence electrons. The first-order chi connectivity index (χ1) is 13.1. The van der Waals surface area contributed by atoms with Crippen LogP contribution < -0.4 is 4.74 Å². The predicted octanol–water partition coefficient (Wildman–Crippen LogP) is 4.60. The molecule has 0 atom stereocenters. The number of fused-ring (bicyclic) bond motifs is 1. The number of nitrogens with zero attached hydrogens (tertiary/aromatic N) is 2. The zero-order valence-electron chi connectivity index (χ0n) is 14.4. The lowest BCUT2D eigenvalue weighted by molar-refractivity contribution is -0.139. The summed E-state index contributed by atoms with van der Waals surface area (Å²) in [6, 6.07) is 10.3. The summed E-state index contributed by atoms with van der Waals surface area (Å²) in [6.07, 6.45) is 0.213. The first-order valence-corrected chi connectivity index (χ1v) is 10.2. The molecule has 0 aliphatic carbocycles. The molecule has 4 rings (SSSR count). The van der Waals surface area contributed by atoms with Crippen molar-refractivity contribution in [2.75, 3.05) is 7.11 Å². The Hall–Kier alpha value is -2.45. The topological polar surface area (TPSA) is 61.3 Å². The number of hydrogen-bond acceptors (Lipinski definition) is 7. The van der Waals surface area contributed by atoms with Gasteiger partial charge in [-0.3, -0.25) is 4.79 Å². The number of carbonyl (C=O) groups excluding carboxylic acids is 1. The zero-order chi connectivity index (χ0) is 18.8. The standard InChI is InChI=1S/C19H15FN2O3S2/c1-24-17(23)8-11-2-4-12(5-3-11)25-19-13-9-26-10-14(13)21-18(22-19)15-6-7-16(20)27-15/h2-7H,8-10H2,1H3. The third-order valence-electron chi connectivity index (χ3n) is 4.05. The predicted molar refractivity (Wildman–Crippen MR) is 103 cm³/mol. The van der Waals surface area contributed by atoms with E-state index in [9.17, 15) is 9.18 Å².